The lowest BCUT2D eigenvalue weighted by Gasteiger charge is -2.41. The zero-order valence-electron chi connectivity index (χ0n) is 17.4. The van der Waals surface area contributed by atoms with Gasteiger partial charge in [-0.1, -0.05) is 11.3 Å². The van der Waals surface area contributed by atoms with E-state index < -0.39 is 32.3 Å². The lowest BCUT2D eigenvalue weighted by atomic mass is 9.98. The first-order chi connectivity index (χ1) is 15.3. The first kappa shape index (κ1) is 25.7. The molecule has 1 aromatic carbocycles. The Hall–Kier alpha value is -1.90. The summed E-state index contributed by atoms with van der Waals surface area (Å²) in [6.07, 6.45) is 1.42. The van der Waals surface area contributed by atoms with Gasteiger partial charge in [0, 0.05) is 70.1 Å². The third kappa shape index (κ3) is 4.70. The predicted molar refractivity (Wildman–Crippen MR) is 120 cm³/mol. The Morgan fingerprint density at radius 2 is 1.85 bits per heavy atom. The lowest BCUT2D eigenvalue weighted by Crippen LogP contribution is -2.62. The molecule has 0 aliphatic carbocycles. The third-order valence-electron chi connectivity index (χ3n) is 5.85. The minimum atomic E-state index is -4.06. The van der Waals surface area contributed by atoms with Gasteiger partial charge >= 0.3 is 0 Å². The number of sulfonamides is 1. The standard InChI is InChI=1S/C19H22F2N4O5S2.ClH/c20-13-1-2-14(15(21)11-13)16-12-22-18(31-16)24-5-7-25(8-6-24)32(28,29)19(17(26)23-27)3-9-30-10-4-19;/h1-2,11-12,27H,3-10H2,(H,23,26);1H. The lowest BCUT2D eigenvalue weighted by molar-refractivity contribution is -0.134. The number of aromatic nitrogens is 1. The van der Waals surface area contributed by atoms with Crippen LogP contribution in [0.1, 0.15) is 12.8 Å². The summed E-state index contributed by atoms with van der Waals surface area (Å²) in [7, 11) is -4.06. The van der Waals surface area contributed by atoms with E-state index in [4.69, 9.17) is 9.94 Å². The van der Waals surface area contributed by atoms with Crippen LogP contribution < -0.4 is 10.4 Å². The van der Waals surface area contributed by atoms with Gasteiger partial charge in [-0.15, -0.1) is 12.4 Å². The van der Waals surface area contributed by atoms with Gasteiger partial charge in [-0.25, -0.2) is 27.7 Å². The second-order valence-electron chi connectivity index (χ2n) is 7.57. The number of piperazine rings is 1. The van der Waals surface area contributed by atoms with Crippen LogP contribution in [0.4, 0.5) is 13.9 Å². The monoisotopic (exact) mass is 524 g/mol. The molecule has 182 valence electrons. The van der Waals surface area contributed by atoms with Crippen LogP contribution in [0.3, 0.4) is 0 Å². The number of thiazole rings is 1. The topological polar surface area (TPSA) is 112 Å². The van der Waals surface area contributed by atoms with Crippen LogP contribution in [-0.4, -0.2) is 73.0 Å². The Morgan fingerprint density at radius 3 is 2.45 bits per heavy atom. The number of amides is 1. The van der Waals surface area contributed by atoms with E-state index in [0.717, 1.165) is 6.07 Å². The van der Waals surface area contributed by atoms with Gasteiger partial charge < -0.3 is 9.64 Å². The molecule has 3 heterocycles. The number of benzene rings is 1. The van der Waals surface area contributed by atoms with Gasteiger partial charge in [-0.2, -0.15) is 4.31 Å². The number of hydrogen-bond donors (Lipinski definition) is 2. The number of rotatable bonds is 5. The molecule has 0 bridgehead atoms. The van der Waals surface area contributed by atoms with Crippen molar-refractivity contribution in [3.05, 3.63) is 36.0 Å². The molecule has 0 unspecified atom stereocenters. The highest BCUT2D eigenvalue weighted by Gasteiger charge is 2.54. The van der Waals surface area contributed by atoms with Gasteiger partial charge in [0.05, 0.1) is 4.88 Å². The number of nitrogens with zero attached hydrogens (tertiary/aromatic N) is 3. The Labute approximate surface area is 199 Å². The highest BCUT2D eigenvalue weighted by Crippen LogP contribution is 2.36. The van der Waals surface area contributed by atoms with Gasteiger partial charge in [0.15, 0.2) is 9.88 Å². The van der Waals surface area contributed by atoms with Crippen molar-refractivity contribution in [1.29, 1.82) is 0 Å². The summed E-state index contributed by atoms with van der Waals surface area (Å²) in [6, 6.07) is 3.34. The van der Waals surface area contributed by atoms with Crippen molar-refractivity contribution in [2.75, 3.05) is 44.3 Å². The predicted octanol–water partition coefficient (Wildman–Crippen LogP) is 2.02. The van der Waals surface area contributed by atoms with Crippen molar-refractivity contribution in [3.8, 4) is 10.4 Å². The van der Waals surface area contributed by atoms with Crippen LogP contribution >= 0.6 is 23.7 Å². The molecule has 4 rings (SSSR count). The molecule has 2 aromatic rings. The number of hydrogen-bond acceptors (Lipinski definition) is 8. The van der Waals surface area contributed by atoms with Crippen LogP contribution in [-0.2, 0) is 19.6 Å². The van der Waals surface area contributed by atoms with Crippen molar-refractivity contribution in [2.24, 2.45) is 0 Å². The second-order valence-corrected chi connectivity index (χ2v) is 10.8. The SMILES string of the molecule is Cl.O=C(NO)C1(S(=O)(=O)N2CCN(c3ncc(-c4ccc(F)cc4F)s3)CC2)CCOCC1. The highest BCUT2D eigenvalue weighted by atomic mass is 35.5. The summed E-state index contributed by atoms with van der Waals surface area (Å²) in [6.45, 7) is 1.12. The molecule has 2 saturated heterocycles. The third-order valence-corrected chi connectivity index (χ3v) is 9.57. The van der Waals surface area contributed by atoms with E-state index in [9.17, 15) is 22.0 Å². The molecule has 33 heavy (non-hydrogen) atoms. The van der Waals surface area contributed by atoms with Crippen LogP contribution in [0.15, 0.2) is 24.4 Å². The van der Waals surface area contributed by atoms with Crippen molar-refractivity contribution >= 4 is 44.8 Å². The van der Waals surface area contributed by atoms with E-state index in [-0.39, 0.29) is 57.1 Å². The van der Waals surface area contributed by atoms with E-state index >= 15 is 0 Å². The Bertz CT molecular complexity index is 1100. The van der Waals surface area contributed by atoms with E-state index in [0.29, 0.717) is 23.1 Å². The molecule has 0 saturated carbocycles. The van der Waals surface area contributed by atoms with Gasteiger partial charge in [0.25, 0.3) is 5.91 Å². The van der Waals surface area contributed by atoms with E-state index in [1.807, 2.05) is 4.90 Å². The number of hydroxylamine groups is 1. The summed E-state index contributed by atoms with van der Waals surface area (Å²) in [4.78, 5) is 19.1. The van der Waals surface area contributed by atoms with Gasteiger partial charge in [-0.05, 0) is 12.1 Å². The first-order valence-electron chi connectivity index (χ1n) is 9.97. The molecule has 2 fully saturated rings. The summed E-state index contributed by atoms with van der Waals surface area (Å²) >= 11 is 1.23. The molecule has 2 aliphatic heterocycles. The summed E-state index contributed by atoms with van der Waals surface area (Å²) < 4.78 is 58.7. The molecule has 1 aromatic heterocycles. The molecule has 2 N–H and O–H groups in total. The Balaban J connectivity index is 0.00000306. The molecule has 2 aliphatic rings. The minimum Gasteiger partial charge on any atom is -0.381 e. The fourth-order valence-electron chi connectivity index (χ4n) is 4.00. The van der Waals surface area contributed by atoms with Crippen molar-refractivity contribution in [1.82, 2.24) is 14.8 Å². The summed E-state index contributed by atoms with van der Waals surface area (Å²) in [5, 5.41) is 9.74. The maximum Gasteiger partial charge on any atom is 0.266 e. The average molecular weight is 525 g/mol. The number of carbonyl (C=O) groups is 1. The maximum absolute atomic E-state index is 14.1. The normalized spacial score (nSPS) is 19.1. The van der Waals surface area contributed by atoms with E-state index in [2.05, 4.69) is 4.98 Å². The largest absolute Gasteiger partial charge is 0.381 e. The molecule has 0 spiro atoms. The molecular formula is C19H23ClF2N4O5S2. The number of halogens is 3. The molecule has 14 heteroatoms. The van der Waals surface area contributed by atoms with Crippen LogP contribution in [0.2, 0.25) is 0 Å². The van der Waals surface area contributed by atoms with Gasteiger partial charge in [0.1, 0.15) is 11.6 Å². The van der Waals surface area contributed by atoms with Crippen molar-refractivity contribution in [3.63, 3.8) is 0 Å². The maximum atomic E-state index is 14.1. The van der Waals surface area contributed by atoms with Crippen LogP contribution in [0.25, 0.3) is 10.4 Å². The summed E-state index contributed by atoms with van der Waals surface area (Å²) in [5.41, 5.74) is 1.75. The quantitative estimate of drug-likeness (QED) is 0.454. The number of ether oxygens (including phenoxy) is 1. The highest BCUT2D eigenvalue weighted by molar-refractivity contribution is 7.91. The average Bonchev–Trinajstić information content (AvgIpc) is 3.29. The van der Waals surface area contributed by atoms with Crippen molar-refractivity contribution in [2.45, 2.75) is 17.6 Å². The molecule has 9 nitrogen and oxygen atoms in total. The second kappa shape index (κ2) is 10.2. The molecule has 0 radical (unpaired) electrons. The fourth-order valence-corrected chi connectivity index (χ4v) is 7.09. The van der Waals surface area contributed by atoms with E-state index in [1.165, 1.54) is 39.5 Å². The number of anilines is 1. The molecule has 1 amide bonds. The van der Waals surface area contributed by atoms with E-state index in [1.54, 1.807) is 0 Å². The van der Waals surface area contributed by atoms with Gasteiger partial charge in [0.2, 0.25) is 10.0 Å². The summed E-state index contributed by atoms with van der Waals surface area (Å²) in [5.74, 6) is -2.29. The van der Waals surface area contributed by atoms with Crippen LogP contribution in [0.5, 0.6) is 0 Å². The van der Waals surface area contributed by atoms with Crippen molar-refractivity contribution < 1.29 is 31.9 Å². The smallest absolute Gasteiger partial charge is 0.266 e. The van der Waals surface area contributed by atoms with Gasteiger partial charge in [-0.3, -0.25) is 10.0 Å². The fraction of sp³-hybridized carbons (Fsp3) is 0.474. The number of carbonyl (C=O) groups excluding carboxylic acids is 1. The Morgan fingerprint density at radius 1 is 1.18 bits per heavy atom. The first-order valence-corrected chi connectivity index (χ1v) is 12.2. The Kier molecular flexibility index (Phi) is 7.91. The zero-order valence-corrected chi connectivity index (χ0v) is 19.8. The molecule has 0 atom stereocenters. The van der Waals surface area contributed by atoms with Crippen LogP contribution in [0, 0.1) is 11.6 Å². The molecular weight excluding hydrogens is 502 g/mol. The minimum absolute atomic E-state index is 0. The number of nitrogens with one attached hydrogen (secondary N) is 1. The zero-order chi connectivity index (χ0) is 22.9.